The highest BCUT2D eigenvalue weighted by atomic mass is 32.2. The molecule has 3 aromatic carbocycles. The number of rotatable bonds is 14. The van der Waals surface area contributed by atoms with Gasteiger partial charge < -0.3 is 24.7 Å². The van der Waals surface area contributed by atoms with Crippen LogP contribution in [0.25, 0.3) is 22.2 Å². The van der Waals surface area contributed by atoms with E-state index in [0.29, 0.717) is 61.1 Å². The molecule has 7 rings (SSSR count). The number of H-pyrrole nitrogens is 1. The van der Waals surface area contributed by atoms with Crippen LogP contribution in [0.4, 0.5) is 4.39 Å². The Morgan fingerprint density at radius 1 is 0.944 bits per heavy atom. The van der Waals surface area contributed by atoms with Gasteiger partial charge in [-0.05, 0) is 53.8 Å². The van der Waals surface area contributed by atoms with Crippen molar-refractivity contribution in [2.24, 2.45) is 0 Å². The van der Waals surface area contributed by atoms with E-state index in [4.69, 9.17) is 9.47 Å². The van der Waals surface area contributed by atoms with E-state index in [1.165, 1.54) is 23.9 Å². The van der Waals surface area contributed by atoms with Crippen LogP contribution >= 0.6 is 11.8 Å². The molecular formula is C39H38FN5O8S. The highest BCUT2D eigenvalue weighted by Crippen LogP contribution is 2.36. The first kappa shape index (κ1) is 37.0. The second-order valence-electron chi connectivity index (χ2n) is 13.3. The predicted molar refractivity (Wildman–Crippen MR) is 196 cm³/mol. The number of carbonyl (C=O) groups excluding carboxylic acids is 6. The van der Waals surface area contributed by atoms with Crippen LogP contribution in [-0.2, 0) is 36.8 Å². The summed E-state index contributed by atoms with van der Waals surface area (Å²) in [4.78, 5) is 82.0. The third-order valence-electron chi connectivity index (χ3n) is 9.71. The number of hydrogen-bond donors (Lipinski definition) is 3. The maximum Gasteiger partial charge on any atom is 0.263 e. The Bertz CT molecular complexity index is 2170. The van der Waals surface area contributed by atoms with Crippen molar-refractivity contribution >= 4 is 58.1 Å². The monoisotopic (exact) mass is 755 g/mol. The first-order valence-electron chi connectivity index (χ1n) is 17.7. The Hall–Kier alpha value is -5.38. The van der Waals surface area contributed by atoms with Crippen LogP contribution in [0.2, 0.25) is 0 Å². The number of fused-ring (bicyclic) bond motifs is 1. The maximum atomic E-state index is 14.3. The van der Waals surface area contributed by atoms with Gasteiger partial charge in [0.25, 0.3) is 17.7 Å². The first-order valence-corrected chi connectivity index (χ1v) is 18.7. The number of piperidine rings is 1. The molecule has 0 radical (unpaired) electrons. The number of imide groups is 2. The van der Waals surface area contributed by atoms with Gasteiger partial charge in [-0.1, -0.05) is 30.3 Å². The van der Waals surface area contributed by atoms with Crippen molar-refractivity contribution < 1.29 is 42.6 Å². The quantitative estimate of drug-likeness (QED) is 0.0985. The molecule has 0 spiro atoms. The minimum Gasteiger partial charge on any atom is -0.379 e. The van der Waals surface area contributed by atoms with Gasteiger partial charge >= 0.3 is 0 Å². The van der Waals surface area contributed by atoms with E-state index in [1.807, 2.05) is 24.3 Å². The molecule has 1 unspecified atom stereocenters. The third kappa shape index (κ3) is 7.52. The fourth-order valence-electron chi connectivity index (χ4n) is 7.06. The van der Waals surface area contributed by atoms with E-state index in [2.05, 4.69) is 15.6 Å². The number of amides is 6. The largest absolute Gasteiger partial charge is 0.379 e. The maximum absolute atomic E-state index is 14.3. The molecule has 54 heavy (non-hydrogen) atoms. The van der Waals surface area contributed by atoms with Crippen LogP contribution in [0, 0.1) is 5.82 Å². The normalized spacial score (nSPS) is 16.7. The van der Waals surface area contributed by atoms with Crippen LogP contribution in [0.3, 0.4) is 0 Å². The highest BCUT2D eigenvalue weighted by molar-refractivity contribution is 7.99. The van der Waals surface area contributed by atoms with E-state index in [0.717, 1.165) is 32.7 Å². The number of nitrogens with zero attached hydrogens (tertiary/aromatic N) is 2. The van der Waals surface area contributed by atoms with Gasteiger partial charge in [0.05, 0.1) is 49.5 Å². The zero-order valence-electron chi connectivity index (χ0n) is 29.5. The van der Waals surface area contributed by atoms with Crippen LogP contribution in [0.15, 0.2) is 59.5 Å². The standard InChI is InChI=1S/C39H38FN5O8S/c1-44(21-22-5-7-23(8-6-22)35-25-11-13-41-36(48)27-19-24(40)20-28(42-35)33(25)27)32(47)12-14-52-15-16-53-17-18-54-30-4-2-3-26-34(30)39(51)45(38(26)50)29-9-10-31(46)43-37(29)49/h2-8,19-20,29,42H,9-18,21H2,1H3,(H,41,48)(H,43,46,49). The molecule has 280 valence electrons. The lowest BCUT2D eigenvalue weighted by atomic mass is 9.99. The van der Waals surface area contributed by atoms with Crippen molar-refractivity contribution in [3.63, 3.8) is 0 Å². The number of benzene rings is 3. The molecule has 0 saturated carbocycles. The van der Waals surface area contributed by atoms with Crippen molar-refractivity contribution in [2.75, 3.05) is 45.8 Å². The topological polar surface area (TPSA) is 167 Å². The van der Waals surface area contributed by atoms with Crippen molar-refractivity contribution in [1.82, 2.24) is 25.4 Å². The molecule has 1 aromatic heterocycles. The summed E-state index contributed by atoms with van der Waals surface area (Å²) in [5.41, 5.74) is 5.07. The van der Waals surface area contributed by atoms with Crippen molar-refractivity contribution in [3.05, 3.63) is 88.2 Å². The number of aromatic nitrogens is 1. The summed E-state index contributed by atoms with van der Waals surface area (Å²) >= 11 is 1.37. The summed E-state index contributed by atoms with van der Waals surface area (Å²) in [5.74, 6) is -2.48. The van der Waals surface area contributed by atoms with E-state index >= 15 is 0 Å². The van der Waals surface area contributed by atoms with Crippen LogP contribution < -0.4 is 10.6 Å². The molecular weight excluding hydrogens is 718 g/mol. The minimum absolute atomic E-state index is 0.0579. The summed E-state index contributed by atoms with van der Waals surface area (Å²) in [6.45, 7) is 2.07. The third-order valence-corrected chi connectivity index (χ3v) is 10.7. The minimum atomic E-state index is -1.02. The molecule has 4 heterocycles. The van der Waals surface area contributed by atoms with Gasteiger partial charge in [-0.2, -0.15) is 0 Å². The molecule has 0 aliphatic carbocycles. The summed E-state index contributed by atoms with van der Waals surface area (Å²) in [7, 11) is 1.74. The zero-order chi connectivity index (χ0) is 37.9. The van der Waals surface area contributed by atoms with E-state index < -0.39 is 35.5 Å². The fourth-order valence-corrected chi connectivity index (χ4v) is 8.00. The van der Waals surface area contributed by atoms with Crippen molar-refractivity contribution in [2.45, 2.75) is 43.2 Å². The number of nitrogens with one attached hydrogen (secondary N) is 3. The lowest BCUT2D eigenvalue weighted by Crippen LogP contribution is -2.54. The number of halogens is 1. The first-order chi connectivity index (χ1) is 26.1. The highest BCUT2D eigenvalue weighted by Gasteiger charge is 2.45. The molecule has 4 aromatic rings. The molecule has 1 fully saturated rings. The number of hydrogen-bond acceptors (Lipinski definition) is 9. The molecule has 0 bridgehead atoms. The van der Waals surface area contributed by atoms with Gasteiger partial charge in [-0.25, -0.2) is 4.39 Å². The van der Waals surface area contributed by atoms with Crippen LogP contribution in [0.1, 0.15) is 61.5 Å². The second-order valence-corrected chi connectivity index (χ2v) is 14.4. The molecule has 1 saturated heterocycles. The van der Waals surface area contributed by atoms with Crippen molar-refractivity contribution in [1.29, 1.82) is 0 Å². The molecule has 3 aliphatic heterocycles. The van der Waals surface area contributed by atoms with Gasteiger partial charge in [0.15, 0.2) is 0 Å². The molecule has 15 heteroatoms. The Balaban J connectivity index is 0.815. The van der Waals surface area contributed by atoms with Gasteiger partial charge in [0.2, 0.25) is 17.7 Å². The molecule has 13 nitrogen and oxygen atoms in total. The van der Waals surface area contributed by atoms with Gasteiger partial charge in [0.1, 0.15) is 11.9 Å². The molecule has 6 amide bonds. The smallest absolute Gasteiger partial charge is 0.263 e. The average Bonchev–Trinajstić information content (AvgIpc) is 3.57. The van der Waals surface area contributed by atoms with Gasteiger partial charge in [0, 0.05) is 53.8 Å². The van der Waals surface area contributed by atoms with Crippen LogP contribution in [-0.4, -0.2) is 102 Å². The second kappa shape index (κ2) is 15.9. The Morgan fingerprint density at radius 2 is 1.72 bits per heavy atom. The molecule has 3 aliphatic rings. The van der Waals surface area contributed by atoms with Gasteiger partial charge in [-0.3, -0.25) is 39.0 Å². The van der Waals surface area contributed by atoms with Gasteiger partial charge in [-0.15, -0.1) is 11.8 Å². The van der Waals surface area contributed by atoms with Crippen LogP contribution in [0.5, 0.6) is 0 Å². The summed E-state index contributed by atoms with van der Waals surface area (Å²) < 4.78 is 25.5. The number of carbonyl (C=O) groups is 6. The Kier molecular flexibility index (Phi) is 10.9. The summed E-state index contributed by atoms with van der Waals surface area (Å²) in [5, 5.41) is 5.78. The fraction of sp³-hybridized carbons (Fsp3) is 0.333. The number of aromatic amines is 1. The average molecular weight is 756 g/mol. The molecule has 3 N–H and O–H groups in total. The van der Waals surface area contributed by atoms with E-state index in [1.54, 1.807) is 30.1 Å². The van der Waals surface area contributed by atoms with E-state index in [-0.39, 0.29) is 48.8 Å². The van der Waals surface area contributed by atoms with Crippen molar-refractivity contribution in [3.8, 4) is 11.3 Å². The zero-order valence-corrected chi connectivity index (χ0v) is 30.3. The number of ether oxygens (including phenoxy) is 2. The summed E-state index contributed by atoms with van der Waals surface area (Å²) in [6, 6.07) is 14.5. The predicted octanol–water partition coefficient (Wildman–Crippen LogP) is 3.84. The lowest BCUT2D eigenvalue weighted by Gasteiger charge is -2.27. The number of thioether (sulfide) groups is 1. The van der Waals surface area contributed by atoms with E-state index in [9.17, 15) is 33.2 Å². The SMILES string of the molecule is CN(Cc1ccc(-c2[nH]c3cc(F)cc4c3c2CCNC4=O)cc1)C(=O)CCOCCOCCSc1cccc2c1C(=O)N(C1CCC(=O)NC1=O)C2=O. The summed E-state index contributed by atoms with van der Waals surface area (Å²) in [6.07, 6.45) is 0.976. The molecule has 1 atom stereocenters. The Morgan fingerprint density at radius 3 is 2.50 bits per heavy atom. The Labute approximate surface area is 313 Å². The lowest BCUT2D eigenvalue weighted by molar-refractivity contribution is -0.136.